The van der Waals surface area contributed by atoms with E-state index in [4.69, 9.17) is 9.15 Å². The Bertz CT molecular complexity index is 545. The summed E-state index contributed by atoms with van der Waals surface area (Å²) in [5, 5.41) is 3.45. The van der Waals surface area contributed by atoms with Crippen LogP contribution in [0.2, 0.25) is 0 Å². The Hall–Kier alpha value is -1.90. The highest BCUT2D eigenvalue weighted by molar-refractivity contribution is 5.57. The van der Waals surface area contributed by atoms with Crippen LogP contribution in [0.4, 0.5) is 5.69 Å². The number of hydrogen-bond donors (Lipinski definition) is 1. The topological polar surface area (TPSA) is 34.4 Å². The molecule has 0 aliphatic heterocycles. The highest BCUT2D eigenvalue weighted by Gasteiger charge is 2.12. The maximum absolute atomic E-state index is 5.85. The van der Waals surface area contributed by atoms with Gasteiger partial charge in [0.2, 0.25) is 0 Å². The van der Waals surface area contributed by atoms with Gasteiger partial charge >= 0.3 is 0 Å². The van der Waals surface area contributed by atoms with Crippen molar-refractivity contribution in [3.63, 3.8) is 0 Å². The van der Waals surface area contributed by atoms with Crippen LogP contribution in [0.3, 0.4) is 0 Å². The first-order valence-corrected chi connectivity index (χ1v) is 7.11. The average Bonchev–Trinajstić information content (AvgIpc) is 2.84. The molecular weight excluding hydrogens is 250 g/mol. The maximum Gasteiger partial charge on any atom is 0.142 e. The van der Waals surface area contributed by atoms with E-state index in [9.17, 15) is 0 Å². The van der Waals surface area contributed by atoms with Crippen LogP contribution < -0.4 is 10.1 Å². The molecule has 1 aromatic carbocycles. The van der Waals surface area contributed by atoms with Gasteiger partial charge < -0.3 is 14.5 Å². The van der Waals surface area contributed by atoms with Gasteiger partial charge in [0.15, 0.2) is 0 Å². The Kier molecular flexibility index (Phi) is 4.72. The Morgan fingerprint density at radius 1 is 1.10 bits per heavy atom. The second-order valence-electron chi connectivity index (χ2n) is 5.52. The summed E-state index contributed by atoms with van der Waals surface area (Å²) < 4.78 is 11.5. The van der Waals surface area contributed by atoms with Crippen LogP contribution >= 0.6 is 0 Å². The molecule has 0 fully saturated rings. The van der Waals surface area contributed by atoms with Crippen LogP contribution in [-0.4, -0.2) is 6.61 Å². The predicted octanol–water partition coefficient (Wildman–Crippen LogP) is 4.80. The largest absolute Gasteiger partial charge is 0.491 e. The molecule has 0 aliphatic carbocycles. The summed E-state index contributed by atoms with van der Waals surface area (Å²) in [5.74, 6) is 3.25. The molecule has 1 aromatic heterocycles. The zero-order valence-electron chi connectivity index (χ0n) is 12.6. The first-order valence-electron chi connectivity index (χ1n) is 7.11. The Labute approximate surface area is 121 Å². The van der Waals surface area contributed by atoms with Crippen molar-refractivity contribution in [1.29, 1.82) is 0 Å². The Balaban J connectivity index is 2.08. The first kappa shape index (κ1) is 14.5. The minimum atomic E-state index is 0.104. The van der Waals surface area contributed by atoms with Crippen LogP contribution in [-0.2, 0) is 0 Å². The van der Waals surface area contributed by atoms with Crippen molar-refractivity contribution >= 4 is 5.69 Å². The molecule has 3 heteroatoms. The number of nitrogens with one attached hydrogen (secondary N) is 1. The minimum Gasteiger partial charge on any atom is -0.491 e. The summed E-state index contributed by atoms with van der Waals surface area (Å²) in [7, 11) is 0. The fourth-order valence-corrected chi connectivity index (χ4v) is 1.96. The lowest BCUT2D eigenvalue weighted by Crippen LogP contribution is -2.09. The van der Waals surface area contributed by atoms with Gasteiger partial charge in [-0.3, -0.25) is 0 Å². The van der Waals surface area contributed by atoms with Crippen LogP contribution in [0, 0.1) is 12.8 Å². The second kappa shape index (κ2) is 6.51. The SMILES string of the molecule is Cc1ccc(C(C)Nc2ccccc2OCC(C)C)o1. The van der Waals surface area contributed by atoms with Gasteiger partial charge in [-0.05, 0) is 44.0 Å². The van der Waals surface area contributed by atoms with Gasteiger partial charge in [0.1, 0.15) is 17.3 Å². The van der Waals surface area contributed by atoms with Crippen molar-refractivity contribution in [2.75, 3.05) is 11.9 Å². The monoisotopic (exact) mass is 273 g/mol. The molecule has 1 N–H and O–H groups in total. The molecule has 0 saturated carbocycles. The number of rotatable bonds is 6. The smallest absolute Gasteiger partial charge is 0.142 e. The molecule has 1 unspecified atom stereocenters. The van der Waals surface area contributed by atoms with Crippen molar-refractivity contribution in [2.45, 2.75) is 33.7 Å². The van der Waals surface area contributed by atoms with Gasteiger partial charge in [-0.1, -0.05) is 26.0 Å². The molecule has 0 radical (unpaired) electrons. The molecule has 0 amide bonds. The van der Waals surface area contributed by atoms with E-state index >= 15 is 0 Å². The molecule has 1 atom stereocenters. The summed E-state index contributed by atoms with van der Waals surface area (Å²) in [6.07, 6.45) is 0. The van der Waals surface area contributed by atoms with E-state index < -0.39 is 0 Å². The number of benzene rings is 1. The zero-order chi connectivity index (χ0) is 14.5. The third-order valence-electron chi connectivity index (χ3n) is 3.02. The van der Waals surface area contributed by atoms with Gasteiger partial charge in [0.05, 0.1) is 18.3 Å². The number of ether oxygens (including phenoxy) is 1. The van der Waals surface area contributed by atoms with Crippen molar-refractivity contribution in [3.8, 4) is 5.75 Å². The third kappa shape index (κ3) is 3.80. The molecule has 20 heavy (non-hydrogen) atoms. The van der Waals surface area contributed by atoms with Gasteiger partial charge in [-0.25, -0.2) is 0 Å². The zero-order valence-corrected chi connectivity index (χ0v) is 12.6. The molecule has 0 bridgehead atoms. The Morgan fingerprint density at radius 2 is 1.85 bits per heavy atom. The van der Waals surface area contributed by atoms with Crippen LogP contribution in [0.1, 0.15) is 38.3 Å². The fraction of sp³-hybridized carbons (Fsp3) is 0.412. The molecule has 1 heterocycles. The highest BCUT2D eigenvalue weighted by atomic mass is 16.5. The van der Waals surface area contributed by atoms with Crippen LogP contribution in [0.15, 0.2) is 40.8 Å². The molecule has 2 rings (SSSR count). The molecule has 0 saturated heterocycles. The second-order valence-corrected chi connectivity index (χ2v) is 5.52. The van der Waals surface area contributed by atoms with Gasteiger partial charge in [0.25, 0.3) is 0 Å². The van der Waals surface area contributed by atoms with E-state index in [1.54, 1.807) is 0 Å². The van der Waals surface area contributed by atoms with Crippen molar-refractivity contribution in [1.82, 2.24) is 0 Å². The molecule has 0 spiro atoms. The highest BCUT2D eigenvalue weighted by Crippen LogP contribution is 2.29. The quantitative estimate of drug-likeness (QED) is 0.821. The van der Waals surface area contributed by atoms with E-state index in [1.807, 2.05) is 43.3 Å². The van der Waals surface area contributed by atoms with Gasteiger partial charge in [0, 0.05) is 0 Å². The lowest BCUT2D eigenvalue weighted by molar-refractivity contribution is 0.272. The molecular formula is C17H23NO2. The summed E-state index contributed by atoms with van der Waals surface area (Å²) in [6, 6.07) is 12.1. The standard InChI is InChI=1S/C17H23NO2/c1-12(2)11-19-17-8-6-5-7-15(17)18-14(4)16-10-9-13(3)20-16/h5-10,12,14,18H,11H2,1-4H3. The Morgan fingerprint density at radius 3 is 2.50 bits per heavy atom. The summed E-state index contributed by atoms with van der Waals surface area (Å²) in [4.78, 5) is 0. The van der Waals surface area contributed by atoms with E-state index in [-0.39, 0.29) is 6.04 Å². The summed E-state index contributed by atoms with van der Waals surface area (Å²) in [6.45, 7) is 9.04. The van der Waals surface area contributed by atoms with E-state index in [0.717, 1.165) is 23.0 Å². The normalized spacial score (nSPS) is 12.4. The van der Waals surface area contributed by atoms with E-state index in [2.05, 4.69) is 26.1 Å². The number of hydrogen-bond acceptors (Lipinski definition) is 3. The molecule has 0 aliphatic rings. The molecule has 3 nitrogen and oxygen atoms in total. The van der Waals surface area contributed by atoms with Crippen LogP contribution in [0.5, 0.6) is 5.75 Å². The summed E-state index contributed by atoms with van der Waals surface area (Å²) >= 11 is 0. The first-order chi connectivity index (χ1) is 9.56. The van der Waals surface area contributed by atoms with Gasteiger partial charge in [-0.15, -0.1) is 0 Å². The fourth-order valence-electron chi connectivity index (χ4n) is 1.96. The number of anilines is 1. The predicted molar refractivity (Wildman–Crippen MR) is 82.3 cm³/mol. The van der Waals surface area contributed by atoms with E-state index in [1.165, 1.54) is 0 Å². The van der Waals surface area contributed by atoms with Crippen LogP contribution in [0.25, 0.3) is 0 Å². The number of furan rings is 1. The summed E-state index contributed by atoms with van der Waals surface area (Å²) in [5.41, 5.74) is 0.995. The third-order valence-corrected chi connectivity index (χ3v) is 3.02. The molecule has 108 valence electrons. The lowest BCUT2D eigenvalue weighted by atomic mass is 10.2. The van der Waals surface area contributed by atoms with Crippen molar-refractivity contribution in [3.05, 3.63) is 47.9 Å². The number of aryl methyl sites for hydroxylation is 1. The minimum absolute atomic E-state index is 0.104. The van der Waals surface area contributed by atoms with E-state index in [0.29, 0.717) is 12.5 Å². The number of para-hydroxylation sites is 2. The average molecular weight is 273 g/mol. The van der Waals surface area contributed by atoms with Gasteiger partial charge in [-0.2, -0.15) is 0 Å². The lowest BCUT2D eigenvalue weighted by Gasteiger charge is -2.17. The van der Waals surface area contributed by atoms with Crippen molar-refractivity contribution in [2.24, 2.45) is 5.92 Å². The molecule has 2 aromatic rings. The maximum atomic E-state index is 5.85. The van der Waals surface area contributed by atoms with Crippen molar-refractivity contribution < 1.29 is 9.15 Å².